The zero-order valence-corrected chi connectivity index (χ0v) is 11.5. The summed E-state index contributed by atoms with van der Waals surface area (Å²) in [6.07, 6.45) is 0.277. The SMILES string of the molecule is N#Cc1cccc(S(=O)(=O)N[C@H]2CCS(=O)(=O)C2)c1. The fourth-order valence-corrected chi connectivity index (χ4v) is 5.00. The molecule has 1 aliphatic rings. The summed E-state index contributed by atoms with van der Waals surface area (Å²) in [4.78, 5) is -0.0316. The van der Waals surface area contributed by atoms with Crippen LogP contribution in [-0.2, 0) is 19.9 Å². The number of nitriles is 1. The Kier molecular flexibility index (Phi) is 3.62. The van der Waals surface area contributed by atoms with Crippen molar-refractivity contribution in [3.63, 3.8) is 0 Å². The van der Waals surface area contributed by atoms with Crippen LogP contribution in [0.3, 0.4) is 0 Å². The molecular formula is C11H12N2O4S2. The normalized spacial score (nSPS) is 21.9. The molecule has 0 unspecified atom stereocenters. The van der Waals surface area contributed by atoms with Crippen LogP contribution < -0.4 is 4.72 Å². The highest BCUT2D eigenvalue weighted by Crippen LogP contribution is 2.16. The molecule has 102 valence electrons. The molecule has 6 nitrogen and oxygen atoms in total. The van der Waals surface area contributed by atoms with Gasteiger partial charge >= 0.3 is 0 Å². The maximum Gasteiger partial charge on any atom is 0.240 e. The number of hydrogen-bond donors (Lipinski definition) is 1. The van der Waals surface area contributed by atoms with E-state index in [4.69, 9.17) is 5.26 Å². The van der Waals surface area contributed by atoms with E-state index >= 15 is 0 Å². The molecule has 2 rings (SSSR count). The van der Waals surface area contributed by atoms with Crippen LogP contribution >= 0.6 is 0 Å². The molecule has 1 N–H and O–H groups in total. The quantitative estimate of drug-likeness (QED) is 0.847. The zero-order chi connectivity index (χ0) is 14.1. The summed E-state index contributed by atoms with van der Waals surface area (Å²) < 4.78 is 49.0. The summed E-state index contributed by atoms with van der Waals surface area (Å²) in [5.74, 6) is -0.178. The van der Waals surface area contributed by atoms with E-state index in [1.807, 2.05) is 6.07 Å². The van der Waals surface area contributed by atoms with Crippen molar-refractivity contribution in [1.82, 2.24) is 4.72 Å². The molecule has 1 aromatic rings. The van der Waals surface area contributed by atoms with Gasteiger partial charge in [-0.1, -0.05) is 6.07 Å². The van der Waals surface area contributed by atoms with Crippen LogP contribution in [0.4, 0.5) is 0 Å². The van der Waals surface area contributed by atoms with Crippen molar-refractivity contribution in [3.8, 4) is 6.07 Å². The van der Waals surface area contributed by atoms with Crippen molar-refractivity contribution in [3.05, 3.63) is 29.8 Å². The molecule has 0 aromatic heterocycles. The fraction of sp³-hybridized carbons (Fsp3) is 0.364. The summed E-state index contributed by atoms with van der Waals surface area (Å²) in [6, 6.07) is 6.85. The highest BCUT2D eigenvalue weighted by molar-refractivity contribution is 7.92. The van der Waals surface area contributed by atoms with Gasteiger partial charge < -0.3 is 0 Å². The minimum absolute atomic E-state index is 0.00157. The van der Waals surface area contributed by atoms with Crippen LogP contribution in [0.5, 0.6) is 0 Å². The summed E-state index contributed by atoms with van der Waals surface area (Å²) in [5.41, 5.74) is 0.238. The highest BCUT2D eigenvalue weighted by Gasteiger charge is 2.31. The first-order chi connectivity index (χ1) is 8.82. The number of rotatable bonds is 3. The Balaban J connectivity index is 2.22. The number of nitrogens with one attached hydrogen (secondary N) is 1. The predicted octanol–water partition coefficient (Wildman–Crippen LogP) is 0.0237. The lowest BCUT2D eigenvalue weighted by molar-refractivity contribution is 0.562. The van der Waals surface area contributed by atoms with E-state index in [9.17, 15) is 16.8 Å². The van der Waals surface area contributed by atoms with Gasteiger partial charge in [-0.3, -0.25) is 0 Å². The first-order valence-corrected chi connectivity index (χ1v) is 8.86. The minimum atomic E-state index is -3.79. The van der Waals surface area contributed by atoms with E-state index in [0.29, 0.717) is 0 Å². The van der Waals surface area contributed by atoms with Gasteiger partial charge in [-0.15, -0.1) is 0 Å². The molecule has 19 heavy (non-hydrogen) atoms. The number of sulfone groups is 1. The van der Waals surface area contributed by atoms with Crippen LogP contribution in [0.15, 0.2) is 29.2 Å². The van der Waals surface area contributed by atoms with E-state index < -0.39 is 25.9 Å². The highest BCUT2D eigenvalue weighted by atomic mass is 32.2. The third kappa shape index (κ3) is 3.32. The summed E-state index contributed by atoms with van der Waals surface area (Å²) in [5, 5.41) is 8.74. The van der Waals surface area contributed by atoms with Crippen molar-refractivity contribution in [2.75, 3.05) is 11.5 Å². The predicted molar refractivity (Wildman–Crippen MR) is 68.5 cm³/mol. The molecule has 0 amide bonds. The zero-order valence-electron chi connectivity index (χ0n) is 9.90. The summed E-state index contributed by atoms with van der Waals surface area (Å²) in [6.45, 7) is 0. The Morgan fingerprint density at radius 1 is 1.37 bits per heavy atom. The fourth-order valence-electron chi connectivity index (χ4n) is 1.91. The molecule has 0 spiro atoms. The van der Waals surface area contributed by atoms with E-state index in [1.165, 1.54) is 24.3 Å². The van der Waals surface area contributed by atoms with Crippen molar-refractivity contribution in [1.29, 1.82) is 5.26 Å². The number of hydrogen-bond acceptors (Lipinski definition) is 5. The molecule has 1 aliphatic heterocycles. The molecule has 0 radical (unpaired) electrons. The monoisotopic (exact) mass is 300 g/mol. The lowest BCUT2D eigenvalue weighted by atomic mass is 10.2. The first kappa shape index (κ1) is 14.0. The molecule has 1 heterocycles. The third-order valence-corrected chi connectivity index (χ3v) is 6.11. The Bertz CT molecular complexity index is 732. The van der Waals surface area contributed by atoms with E-state index in [-0.39, 0.29) is 28.4 Å². The molecule has 0 saturated carbocycles. The molecule has 1 atom stereocenters. The number of nitrogens with zero attached hydrogens (tertiary/aromatic N) is 1. The van der Waals surface area contributed by atoms with Crippen LogP contribution in [-0.4, -0.2) is 34.4 Å². The Hall–Kier alpha value is -1.43. The third-order valence-electron chi connectivity index (χ3n) is 2.83. The second-order valence-electron chi connectivity index (χ2n) is 4.36. The van der Waals surface area contributed by atoms with Gasteiger partial charge in [-0.05, 0) is 24.6 Å². The maximum absolute atomic E-state index is 12.1. The summed E-state index contributed by atoms with van der Waals surface area (Å²) >= 11 is 0. The van der Waals surface area contributed by atoms with Crippen molar-refractivity contribution in [2.24, 2.45) is 0 Å². The largest absolute Gasteiger partial charge is 0.240 e. The minimum Gasteiger partial charge on any atom is -0.229 e. The van der Waals surface area contributed by atoms with Crippen molar-refractivity contribution >= 4 is 19.9 Å². The Morgan fingerprint density at radius 2 is 2.11 bits per heavy atom. The average molecular weight is 300 g/mol. The van der Waals surface area contributed by atoms with Crippen LogP contribution in [0.25, 0.3) is 0 Å². The van der Waals surface area contributed by atoms with Crippen LogP contribution in [0.2, 0.25) is 0 Å². The molecule has 1 fully saturated rings. The smallest absolute Gasteiger partial charge is 0.229 e. The topological polar surface area (TPSA) is 104 Å². The van der Waals surface area contributed by atoms with Gasteiger partial charge in [0.2, 0.25) is 10.0 Å². The van der Waals surface area contributed by atoms with E-state index in [1.54, 1.807) is 0 Å². The van der Waals surface area contributed by atoms with Crippen LogP contribution in [0.1, 0.15) is 12.0 Å². The van der Waals surface area contributed by atoms with Crippen LogP contribution in [0, 0.1) is 11.3 Å². The maximum atomic E-state index is 12.1. The second-order valence-corrected chi connectivity index (χ2v) is 8.30. The summed E-state index contributed by atoms with van der Waals surface area (Å²) in [7, 11) is -6.93. The lowest BCUT2D eigenvalue weighted by Gasteiger charge is -2.11. The lowest BCUT2D eigenvalue weighted by Crippen LogP contribution is -2.35. The Labute approximate surface area is 112 Å². The van der Waals surface area contributed by atoms with E-state index in [0.717, 1.165) is 0 Å². The Morgan fingerprint density at radius 3 is 2.68 bits per heavy atom. The van der Waals surface area contributed by atoms with Gasteiger partial charge in [0.05, 0.1) is 28.0 Å². The van der Waals surface area contributed by atoms with Gasteiger partial charge in [0.25, 0.3) is 0 Å². The number of sulfonamides is 1. The van der Waals surface area contributed by atoms with E-state index in [2.05, 4.69) is 4.72 Å². The van der Waals surface area contributed by atoms with Gasteiger partial charge in [-0.25, -0.2) is 21.6 Å². The van der Waals surface area contributed by atoms with Crippen molar-refractivity contribution < 1.29 is 16.8 Å². The molecule has 1 saturated heterocycles. The van der Waals surface area contributed by atoms with Gasteiger partial charge in [-0.2, -0.15) is 5.26 Å². The molecule has 0 bridgehead atoms. The van der Waals surface area contributed by atoms with Gasteiger partial charge in [0, 0.05) is 6.04 Å². The molecule has 0 aliphatic carbocycles. The van der Waals surface area contributed by atoms with Gasteiger partial charge in [0.1, 0.15) is 0 Å². The number of benzene rings is 1. The molecule has 8 heteroatoms. The van der Waals surface area contributed by atoms with Crippen molar-refractivity contribution in [2.45, 2.75) is 17.4 Å². The first-order valence-electron chi connectivity index (χ1n) is 5.55. The van der Waals surface area contributed by atoms with Gasteiger partial charge in [0.15, 0.2) is 9.84 Å². The molecule has 1 aromatic carbocycles. The second kappa shape index (κ2) is 4.92. The standard InChI is InChI=1S/C11H12N2O4S2/c12-7-9-2-1-3-11(6-9)19(16,17)13-10-4-5-18(14,15)8-10/h1-3,6,10,13H,4-5,8H2/t10-/m0/s1. The molecular weight excluding hydrogens is 288 g/mol. The average Bonchev–Trinajstić information content (AvgIpc) is 2.68.